The molecular weight excluding hydrogens is 385 g/mol. The van der Waals surface area contributed by atoms with Gasteiger partial charge in [0.1, 0.15) is 29.6 Å². The number of pyridine rings is 2. The van der Waals surface area contributed by atoms with Crippen molar-refractivity contribution in [1.82, 2.24) is 9.97 Å². The summed E-state index contributed by atoms with van der Waals surface area (Å²) in [5.74, 6) is -2.90. The fourth-order valence-corrected chi connectivity index (χ4v) is 2.64. The summed E-state index contributed by atoms with van der Waals surface area (Å²) in [6.45, 7) is 1.08. The number of hydrogen-bond acceptors (Lipinski definition) is 5. The molecule has 152 valence electrons. The van der Waals surface area contributed by atoms with Crippen LogP contribution in [0.15, 0.2) is 54.9 Å². The van der Waals surface area contributed by atoms with Gasteiger partial charge in [-0.15, -0.1) is 0 Å². The molecule has 0 amide bonds. The molecule has 3 aromatic rings. The minimum absolute atomic E-state index is 0.187. The van der Waals surface area contributed by atoms with Crippen molar-refractivity contribution in [2.45, 2.75) is 12.8 Å². The molecular formula is C21H19F3N2O3. The normalized spacial score (nSPS) is 11.3. The van der Waals surface area contributed by atoms with Crippen LogP contribution in [0.1, 0.15) is 12.6 Å². The predicted octanol–water partition coefficient (Wildman–Crippen LogP) is 5.21. The highest BCUT2D eigenvalue weighted by atomic mass is 19.3. The third-order valence-electron chi connectivity index (χ3n) is 4.04. The van der Waals surface area contributed by atoms with Gasteiger partial charge in [-0.25, -0.2) is 9.37 Å². The molecule has 0 saturated heterocycles. The van der Waals surface area contributed by atoms with Crippen LogP contribution in [0, 0.1) is 5.82 Å². The van der Waals surface area contributed by atoms with Gasteiger partial charge in [0.05, 0.1) is 13.3 Å². The molecule has 0 aliphatic rings. The molecule has 0 bridgehead atoms. The van der Waals surface area contributed by atoms with Crippen molar-refractivity contribution in [2.75, 3.05) is 20.3 Å². The number of halogens is 3. The van der Waals surface area contributed by atoms with E-state index in [1.807, 2.05) is 0 Å². The van der Waals surface area contributed by atoms with E-state index < -0.39 is 24.0 Å². The average molecular weight is 404 g/mol. The molecule has 0 aliphatic heterocycles. The number of alkyl halides is 2. The zero-order valence-corrected chi connectivity index (χ0v) is 15.9. The molecule has 0 saturated carbocycles. The van der Waals surface area contributed by atoms with Crippen LogP contribution in [0.3, 0.4) is 0 Å². The highest BCUT2D eigenvalue weighted by molar-refractivity contribution is 5.74. The Hall–Kier alpha value is -3.13. The van der Waals surface area contributed by atoms with E-state index in [0.717, 1.165) is 0 Å². The Balaban J connectivity index is 1.87. The minimum atomic E-state index is -3.20. The zero-order valence-electron chi connectivity index (χ0n) is 15.9. The van der Waals surface area contributed by atoms with Crippen LogP contribution in [-0.2, 0) is 10.7 Å². The molecule has 0 atom stereocenters. The Bertz CT molecular complexity index is 966. The lowest BCUT2D eigenvalue weighted by Crippen LogP contribution is -2.22. The Morgan fingerprint density at radius 1 is 1.03 bits per heavy atom. The van der Waals surface area contributed by atoms with Crippen LogP contribution in [0.2, 0.25) is 0 Å². The standard InChI is InChI=1S/C21H19F3N2O3/c1-3-28-13-21(23,24)19-9-7-15(12-26-19)29-20-17(5-4-10-25-20)16-8-6-14(22)11-18(16)27-2/h4-12H,3,13H2,1-2H3. The van der Waals surface area contributed by atoms with Crippen LogP contribution in [0.5, 0.6) is 17.4 Å². The fourth-order valence-electron chi connectivity index (χ4n) is 2.64. The van der Waals surface area contributed by atoms with Crippen molar-refractivity contribution in [3.05, 3.63) is 66.4 Å². The minimum Gasteiger partial charge on any atom is -0.496 e. The summed E-state index contributed by atoms with van der Waals surface area (Å²) in [7, 11) is 1.43. The molecule has 2 heterocycles. The van der Waals surface area contributed by atoms with E-state index in [9.17, 15) is 13.2 Å². The Morgan fingerprint density at radius 3 is 2.55 bits per heavy atom. The lowest BCUT2D eigenvalue weighted by molar-refractivity contribution is -0.0832. The smallest absolute Gasteiger partial charge is 0.312 e. The first-order valence-electron chi connectivity index (χ1n) is 8.83. The molecule has 2 aromatic heterocycles. The Labute approximate surface area is 166 Å². The first kappa shape index (κ1) is 20.6. The number of ether oxygens (including phenoxy) is 3. The van der Waals surface area contributed by atoms with Gasteiger partial charge in [-0.1, -0.05) is 0 Å². The molecule has 0 unspecified atom stereocenters. The first-order chi connectivity index (χ1) is 13.9. The number of nitrogens with zero attached hydrogens (tertiary/aromatic N) is 2. The second kappa shape index (κ2) is 8.91. The summed E-state index contributed by atoms with van der Waals surface area (Å²) >= 11 is 0. The van der Waals surface area contributed by atoms with E-state index in [1.165, 1.54) is 43.8 Å². The molecule has 3 rings (SSSR count). The van der Waals surface area contributed by atoms with Gasteiger partial charge in [0, 0.05) is 30.0 Å². The third kappa shape index (κ3) is 4.83. The molecule has 0 N–H and O–H groups in total. The number of methoxy groups -OCH3 is 1. The van der Waals surface area contributed by atoms with Crippen molar-refractivity contribution in [1.29, 1.82) is 0 Å². The fraction of sp³-hybridized carbons (Fsp3) is 0.238. The summed E-state index contributed by atoms with van der Waals surface area (Å²) < 4.78 is 57.3. The van der Waals surface area contributed by atoms with Gasteiger partial charge in [0.25, 0.3) is 0 Å². The van der Waals surface area contributed by atoms with Gasteiger partial charge in [-0.3, -0.25) is 4.98 Å². The van der Waals surface area contributed by atoms with Crippen LogP contribution in [0.25, 0.3) is 11.1 Å². The van der Waals surface area contributed by atoms with Gasteiger partial charge in [0.15, 0.2) is 0 Å². The molecule has 0 fully saturated rings. The summed E-state index contributed by atoms with van der Waals surface area (Å²) in [5.41, 5.74) is 0.708. The second-order valence-electron chi connectivity index (χ2n) is 6.02. The maximum atomic E-state index is 14.0. The zero-order chi connectivity index (χ0) is 20.9. The van der Waals surface area contributed by atoms with E-state index >= 15 is 0 Å². The van der Waals surface area contributed by atoms with Crippen LogP contribution in [0.4, 0.5) is 13.2 Å². The summed E-state index contributed by atoms with van der Waals surface area (Å²) in [6.07, 6.45) is 2.71. The van der Waals surface area contributed by atoms with E-state index in [-0.39, 0.29) is 18.2 Å². The lowest BCUT2D eigenvalue weighted by atomic mass is 10.1. The number of rotatable bonds is 8. The monoisotopic (exact) mass is 404 g/mol. The maximum absolute atomic E-state index is 14.0. The second-order valence-corrected chi connectivity index (χ2v) is 6.02. The van der Waals surface area contributed by atoms with Gasteiger partial charge in [-0.2, -0.15) is 8.78 Å². The number of benzene rings is 1. The van der Waals surface area contributed by atoms with Gasteiger partial charge in [0.2, 0.25) is 5.88 Å². The molecule has 29 heavy (non-hydrogen) atoms. The van der Waals surface area contributed by atoms with Crippen LogP contribution >= 0.6 is 0 Å². The maximum Gasteiger partial charge on any atom is 0.312 e. The molecule has 0 aliphatic carbocycles. The largest absolute Gasteiger partial charge is 0.496 e. The highest BCUT2D eigenvalue weighted by Crippen LogP contribution is 2.37. The van der Waals surface area contributed by atoms with E-state index in [1.54, 1.807) is 25.1 Å². The molecule has 0 spiro atoms. The SMILES string of the molecule is CCOCC(F)(F)c1ccc(Oc2ncccc2-c2ccc(F)cc2OC)cn1. The van der Waals surface area contributed by atoms with Gasteiger partial charge in [-0.05, 0) is 43.3 Å². The molecule has 8 heteroatoms. The van der Waals surface area contributed by atoms with Crippen molar-refractivity contribution < 1.29 is 27.4 Å². The van der Waals surface area contributed by atoms with Crippen molar-refractivity contribution in [3.8, 4) is 28.5 Å². The highest BCUT2D eigenvalue weighted by Gasteiger charge is 2.33. The predicted molar refractivity (Wildman–Crippen MR) is 101 cm³/mol. The Morgan fingerprint density at radius 2 is 1.86 bits per heavy atom. The van der Waals surface area contributed by atoms with Crippen molar-refractivity contribution >= 4 is 0 Å². The first-order valence-corrected chi connectivity index (χ1v) is 8.83. The van der Waals surface area contributed by atoms with Crippen LogP contribution < -0.4 is 9.47 Å². The molecule has 5 nitrogen and oxygen atoms in total. The number of aromatic nitrogens is 2. The Kier molecular flexibility index (Phi) is 6.33. The molecule has 0 radical (unpaired) electrons. The summed E-state index contributed by atoms with van der Waals surface area (Å²) in [6, 6.07) is 10.1. The van der Waals surface area contributed by atoms with Crippen LogP contribution in [-0.4, -0.2) is 30.3 Å². The quantitative estimate of drug-likeness (QED) is 0.516. The molecule has 1 aromatic carbocycles. The number of hydrogen-bond donors (Lipinski definition) is 0. The lowest BCUT2D eigenvalue weighted by Gasteiger charge is -2.16. The van der Waals surface area contributed by atoms with Crippen molar-refractivity contribution in [3.63, 3.8) is 0 Å². The average Bonchev–Trinajstić information content (AvgIpc) is 2.73. The van der Waals surface area contributed by atoms with Gasteiger partial charge < -0.3 is 14.2 Å². The van der Waals surface area contributed by atoms with E-state index in [0.29, 0.717) is 16.9 Å². The summed E-state index contributed by atoms with van der Waals surface area (Å²) in [5, 5.41) is 0. The van der Waals surface area contributed by atoms with E-state index in [2.05, 4.69) is 9.97 Å². The third-order valence-corrected chi connectivity index (χ3v) is 4.04. The van der Waals surface area contributed by atoms with E-state index in [4.69, 9.17) is 14.2 Å². The van der Waals surface area contributed by atoms with Crippen molar-refractivity contribution in [2.24, 2.45) is 0 Å². The van der Waals surface area contributed by atoms with Gasteiger partial charge >= 0.3 is 5.92 Å². The summed E-state index contributed by atoms with van der Waals surface area (Å²) in [4.78, 5) is 7.98. The topological polar surface area (TPSA) is 53.5 Å².